The summed E-state index contributed by atoms with van der Waals surface area (Å²) >= 11 is 0. The summed E-state index contributed by atoms with van der Waals surface area (Å²) in [7, 11) is 1.43. The van der Waals surface area contributed by atoms with Crippen LogP contribution in [-0.4, -0.2) is 31.6 Å². The first-order chi connectivity index (χ1) is 9.80. The molecule has 0 bridgehead atoms. The summed E-state index contributed by atoms with van der Waals surface area (Å²) in [5, 5.41) is 4.38. The van der Waals surface area contributed by atoms with Crippen LogP contribution >= 0.6 is 0 Å². The monoisotopic (exact) mass is 302 g/mol. The second-order valence-electron chi connectivity index (χ2n) is 4.59. The zero-order chi connectivity index (χ0) is 15.6. The molecule has 1 aromatic rings. The first-order valence-electron chi connectivity index (χ1n) is 6.12. The molecule has 1 unspecified atom stereocenters. The second kappa shape index (κ2) is 5.63. The highest BCUT2D eigenvalue weighted by atomic mass is 19.4. The molecule has 2 N–H and O–H groups in total. The Balaban J connectivity index is 2.24. The average molecular weight is 302 g/mol. The van der Waals surface area contributed by atoms with Crippen LogP contribution in [0.4, 0.5) is 18.9 Å². The molecular formula is C13H13F3N2O3. The van der Waals surface area contributed by atoms with Gasteiger partial charge >= 0.3 is 6.18 Å². The summed E-state index contributed by atoms with van der Waals surface area (Å²) in [6, 6.07) is 4.68. The number of amides is 2. The molecule has 1 aliphatic rings. The van der Waals surface area contributed by atoms with Crippen molar-refractivity contribution in [1.82, 2.24) is 5.32 Å². The van der Waals surface area contributed by atoms with E-state index in [2.05, 4.69) is 5.32 Å². The summed E-state index contributed by atoms with van der Waals surface area (Å²) in [6.07, 6.45) is -4.70. The maximum atomic E-state index is 12.2. The summed E-state index contributed by atoms with van der Waals surface area (Å²) < 4.78 is 41.5. The molecule has 1 aliphatic heterocycles. The molecular weight excluding hydrogens is 289 g/mol. The van der Waals surface area contributed by atoms with Crippen LogP contribution in [0, 0.1) is 0 Å². The Morgan fingerprint density at radius 2 is 2.19 bits per heavy atom. The number of benzene rings is 1. The normalized spacial score (nSPS) is 17.7. The molecule has 1 heterocycles. The lowest BCUT2D eigenvalue weighted by Gasteiger charge is -2.25. The van der Waals surface area contributed by atoms with Crippen molar-refractivity contribution < 1.29 is 27.5 Å². The number of methoxy groups -OCH3 is 1. The molecule has 21 heavy (non-hydrogen) atoms. The van der Waals surface area contributed by atoms with E-state index in [9.17, 15) is 22.8 Å². The Morgan fingerprint density at radius 1 is 1.48 bits per heavy atom. The standard InChI is InChI=1S/C13H13F3N2O3/c1-21-7-2-3-10-8(4-7)9(5-11(19)18-10)12(20)17-6-13(14,15)16/h2-4,9H,5-6H2,1H3,(H,17,20)(H,18,19). The van der Waals surface area contributed by atoms with Crippen molar-refractivity contribution in [2.75, 3.05) is 19.0 Å². The fourth-order valence-electron chi connectivity index (χ4n) is 2.11. The molecule has 5 nitrogen and oxygen atoms in total. The molecule has 0 radical (unpaired) electrons. The number of anilines is 1. The highest BCUT2D eigenvalue weighted by Gasteiger charge is 2.34. The van der Waals surface area contributed by atoms with E-state index in [1.165, 1.54) is 13.2 Å². The molecule has 0 fully saturated rings. The summed E-state index contributed by atoms with van der Waals surface area (Å²) in [4.78, 5) is 23.5. The van der Waals surface area contributed by atoms with Gasteiger partial charge in [-0.15, -0.1) is 0 Å². The topological polar surface area (TPSA) is 67.4 Å². The smallest absolute Gasteiger partial charge is 0.405 e. The van der Waals surface area contributed by atoms with E-state index in [1.807, 2.05) is 0 Å². The first-order valence-corrected chi connectivity index (χ1v) is 6.12. The van der Waals surface area contributed by atoms with E-state index in [0.29, 0.717) is 17.0 Å². The van der Waals surface area contributed by atoms with Gasteiger partial charge in [-0.1, -0.05) is 0 Å². The minimum atomic E-state index is -4.50. The Bertz CT molecular complexity index is 572. The number of carbonyl (C=O) groups is 2. The zero-order valence-electron chi connectivity index (χ0n) is 11.1. The van der Waals surface area contributed by atoms with Crippen LogP contribution in [0.25, 0.3) is 0 Å². The van der Waals surface area contributed by atoms with Gasteiger partial charge < -0.3 is 15.4 Å². The van der Waals surface area contributed by atoms with Gasteiger partial charge in [-0.2, -0.15) is 13.2 Å². The molecule has 0 aromatic heterocycles. The number of hydrogen-bond donors (Lipinski definition) is 2. The van der Waals surface area contributed by atoms with Crippen molar-refractivity contribution in [1.29, 1.82) is 0 Å². The molecule has 0 aliphatic carbocycles. The van der Waals surface area contributed by atoms with Gasteiger partial charge in [-0.3, -0.25) is 9.59 Å². The Kier molecular flexibility index (Phi) is 4.06. The molecule has 0 saturated heterocycles. The van der Waals surface area contributed by atoms with Gasteiger partial charge in [0.05, 0.1) is 13.0 Å². The first kappa shape index (κ1) is 15.1. The molecule has 1 atom stereocenters. The van der Waals surface area contributed by atoms with E-state index in [0.717, 1.165) is 0 Å². The molecule has 1 aromatic carbocycles. The van der Waals surface area contributed by atoms with Crippen molar-refractivity contribution >= 4 is 17.5 Å². The van der Waals surface area contributed by atoms with Crippen LogP contribution in [0.3, 0.4) is 0 Å². The average Bonchev–Trinajstić information content (AvgIpc) is 2.42. The van der Waals surface area contributed by atoms with Crippen LogP contribution in [0.2, 0.25) is 0 Å². The number of rotatable bonds is 3. The van der Waals surface area contributed by atoms with Crippen molar-refractivity contribution in [3.05, 3.63) is 23.8 Å². The molecule has 8 heteroatoms. The summed E-state index contributed by atoms with van der Waals surface area (Å²) in [5.74, 6) is -1.76. The van der Waals surface area contributed by atoms with E-state index in [1.54, 1.807) is 17.4 Å². The number of alkyl halides is 3. The SMILES string of the molecule is COc1ccc2c(c1)C(C(=O)NCC(F)(F)F)CC(=O)N2. The van der Waals surface area contributed by atoms with Crippen LogP contribution < -0.4 is 15.4 Å². The second-order valence-corrected chi connectivity index (χ2v) is 4.59. The van der Waals surface area contributed by atoms with Crippen molar-refractivity contribution in [3.8, 4) is 5.75 Å². The lowest BCUT2D eigenvalue weighted by Crippen LogP contribution is -2.39. The van der Waals surface area contributed by atoms with Crippen molar-refractivity contribution in [2.45, 2.75) is 18.5 Å². The Hall–Kier alpha value is -2.25. The summed E-state index contributed by atoms with van der Waals surface area (Å²) in [5.41, 5.74) is 0.841. The third-order valence-electron chi connectivity index (χ3n) is 3.08. The molecule has 2 rings (SSSR count). The molecule has 0 spiro atoms. The molecule has 114 valence electrons. The van der Waals surface area contributed by atoms with Gasteiger partial charge in [0, 0.05) is 12.1 Å². The highest BCUT2D eigenvalue weighted by molar-refractivity contribution is 6.01. The third kappa shape index (κ3) is 3.65. The van der Waals surface area contributed by atoms with Gasteiger partial charge in [0.1, 0.15) is 12.3 Å². The Labute approximate surface area is 118 Å². The van der Waals surface area contributed by atoms with Crippen LogP contribution in [-0.2, 0) is 9.59 Å². The van der Waals surface area contributed by atoms with Gasteiger partial charge in [0.2, 0.25) is 11.8 Å². The van der Waals surface area contributed by atoms with Gasteiger partial charge in [0.15, 0.2) is 0 Å². The van der Waals surface area contributed by atoms with Crippen LogP contribution in [0.5, 0.6) is 5.75 Å². The minimum Gasteiger partial charge on any atom is -0.497 e. The fraction of sp³-hybridized carbons (Fsp3) is 0.385. The largest absolute Gasteiger partial charge is 0.497 e. The van der Waals surface area contributed by atoms with Gasteiger partial charge in [0.25, 0.3) is 0 Å². The number of nitrogens with one attached hydrogen (secondary N) is 2. The lowest BCUT2D eigenvalue weighted by molar-refractivity contribution is -0.139. The van der Waals surface area contributed by atoms with E-state index < -0.39 is 30.5 Å². The number of halogens is 3. The minimum absolute atomic E-state index is 0.205. The maximum Gasteiger partial charge on any atom is 0.405 e. The quantitative estimate of drug-likeness (QED) is 0.894. The molecule has 2 amide bonds. The van der Waals surface area contributed by atoms with Crippen LogP contribution in [0.1, 0.15) is 17.9 Å². The number of ether oxygens (including phenoxy) is 1. The zero-order valence-corrected chi connectivity index (χ0v) is 11.1. The Morgan fingerprint density at radius 3 is 2.81 bits per heavy atom. The maximum absolute atomic E-state index is 12.2. The fourth-order valence-corrected chi connectivity index (χ4v) is 2.11. The van der Waals surface area contributed by atoms with Crippen LogP contribution in [0.15, 0.2) is 18.2 Å². The number of carbonyl (C=O) groups excluding carboxylic acids is 2. The molecule has 0 saturated carbocycles. The summed E-state index contributed by atoms with van der Waals surface area (Å²) in [6.45, 7) is -1.43. The van der Waals surface area contributed by atoms with Crippen molar-refractivity contribution in [2.24, 2.45) is 0 Å². The number of fused-ring (bicyclic) bond motifs is 1. The van der Waals surface area contributed by atoms with E-state index in [-0.39, 0.29) is 6.42 Å². The van der Waals surface area contributed by atoms with E-state index >= 15 is 0 Å². The number of hydrogen-bond acceptors (Lipinski definition) is 3. The third-order valence-corrected chi connectivity index (χ3v) is 3.08. The lowest BCUT2D eigenvalue weighted by atomic mass is 9.89. The highest BCUT2D eigenvalue weighted by Crippen LogP contribution is 2.35. The van der Waals surface area contributed by atoms with E-state index in [4.69, 9.17) is 4.74 Å². The van der Waals surface area contributed by atoms with Crippen molar-refractivity contribution in [3.63, 3.8) is 0 Å². The van der Waals surface area contributed by atoms with Gasteiger partial charge in [-0.25, -0.2) is 0 Å². The predicted octanol–water partition coefficient (Wildman–Crippen LogP) is 1.80. The van der Waals surface area contributed by atoms with Gasteiger partial charge in [-0.05, 0) is 23.8 Å². The predicted molar refractivity (Wildman–Crippen MR) is 68.0 cm³/mol.